The van der Waals surface area contributed by atoms with E-state index in [-0.39, 0.29) is 16.5 Å². The number of benzene rings is 1. The van der Waals surface area contributed by atoms with Crippen LogP contribution in [0.25, 0.3) is 0 Å². The monoisotopic (exact) mass is 292 g/mol. The molecule has 0 saturated heterocycles. The van der Waals surface area contributed by atoms with E-state index in [1.165, 1.54) is 0 Å². The molecule has 1 aromatic rings. The van der Waals surface area contributed by atoms with Crippen molar-refractivity contribution in [2.75, 3.05) is 0 Å². The minimum absolute atomic E-state index is 0.227. The molecule has 0 unspecified atom stereocenters. The lowest BCUT2D eigenvalue weighted by Crippen LogP contribution is -2.10. The Morgan fingerprint density at radius 3 is 2.38 bits per heavy atom. The molecule has 0 radical (unpaired) electrons. The van der Waals surface area contributed by atoms with Gasteiger partial charge in [0.1, 0.15) is 12.2 Å². The molecular formula is C10H7BrF2O3. The third-order valence-corrected chi connectivity index (χ3v) is 2.56. The van der Waals surface area contributed by atoms with E-state index in [4.69, 9.17) is 5.11 Å². The van der Waals surface area contributed by atoms with Crippen LogP contribution in [0.3, 0.4) is 0 Å². The van der Waals surface area contributed by atoms with Crippen LogP contribution in [-0.2, 0) is 16.0 Å². The van der Waals surface area contributed by atoms with E-state index in [1.54, 1.807) is 0 Å². The highest BCUT2D eigenvalue weighted by atomic mass is 79.9. The molecule has 1 aromatic carbocycles. The molecule has 86 valence electrons. The summed E-state index contributed by atoms with van der Waals surface area (Å²) in [6.07, 6.45) is -0.879. The van der Waals surface area contributed by atoms with Crippen molar-refractivity contribution in [3.05, 3.63) is 33.8 Å². The van der Waals surface area contributed by atoms with Crippen molar-refractivity contribution in [2.45, 2.75) is 12.8 Å². The molecular weight excluding hydrogens is 286 g/mol. The van der Waals surface area contributed by atoms with E-state index >= 15 is 0 Å². The van der Waals surface area contributed by atoms with Gasteiger partial charge in [-0.1, -0.05) is 15.9 Å². The van der Waals surface area contributed by atoms with Crippen molar-refractivity contribution in [3.63, 3.8) is 0 Å². The van der Waals surface area contributed by atoms with E-state index in [9.17, 15) is 18.4 Å². The topological polar surface area (TPSA) is 54.4 Å². The SMILES string of the molecule is O=C(O)CC(=O)Cc1cc(F)c(F)cc1Br. The van der Waals surface area contributed by atoms with Crippen LogP contribution in [0.1, 0.15) is 12.0 Å². The minimum Gasteiger partial charge on any atom is -0.481 e. The number of halogens is 3. The molecule has 0 aliphatic heterocycles. The smallest absolute Gasteiger partial charge is 0.310 e. The number of aliphatic carboxylic acids is 1. The van der Waals surface area contributed by atoms with Gasteiger partial charge in [-0.25, -0.2) is 8.78 Å². The van der Waals surface area contributed by atoms with Crippen LogP contribution in [0.4, 0.5) is 8.78 Å². The normalized spacial score (nSPS) is 10.2. The lowest BCUT2D eigenvalue weighted by Gasteiger charge is -2.03. The summed E-state index contributed by atoms with van der Waals surface area (Å²) in [5.74, 6) is -3.91. The fraction of sp³-hybridized carbons (Fsp3) is 0.200. The maximum Gasteiger partial charge on any atom is 0.310 e. The van der Waals surface area contributed by atoms with Crippen LogP contribution < -0.4 is 0 Å². The first-order valence-electron chi connectivity index (χ1n) is 4.27. The molecule has 0 atom stereocenters. The van der Waals surface area contributed by atoms with Gasteiger partial charge >= 0.3 is 5.97 Å². The summed E-state index contributed by atoms with van der Waals surface area (Å²) in [5.41, 5.74) is 0.227. The van der Waals surface area contributed by atoms with Gasteiger partial charge in [-0.15, -0.1) is 0 Å². The summed E-state index contributed by atoms with van der Waals surface area (Å²) in [5, 5.41) is 8.36. The lowest BCUT2D eigenvalue weighted by molar-refractivity contribution is -0.140. The van der Waals surface area contributed by atoms with Crippen molar-refractivity contribution in [1.29, 1.82) is 0 Å². The molecule has 0 bridgehead atoms. The zero-order valence-corrected chi connectivity index (χ0v) is 9.55. The molecule has 6 heteroatoms. The first kappa shape index (κ1) is 12.8. The standard InChI is InChI=1S/C10H7BrF2O3/c11-7-4-9(13)8(12)2-5(7)1-6(14)3-10(15)16/h2,4H,1,3H2,(H,15,16). The van der Waals surface area contributed by atoms with Gasteiger partial charge in [0.2, 0.25) is 0 Å². The Morgan fingerprint density at radius 1 is 1.25 bits per heavy atom. The second kappa shape index (κ2) is 5.16. The number of hydrogen-bond donors (Lipinski definition) is 1. The van der Waals surface area contributed by atoms with E-state index in [2.05, 4.69) is 15.9 Å². The first-order valence-corrected chi connectivity index (χ1v) is 5.06. The minimum atomic E-state index is -1.25. The Kier molecular flexibility index (Phi) is 4.12. The summed E-state index contributed by atoms with van der Waals surface area (Å²) in [6.45, 7) is 0. The van der Waals surface area contributed by atoms with Gasteiger partial charge in [-0.2, -0.15) is 0 Å². The van der Waals surface area contributed by atoms with Crippen LogP contribution in [0.5, 0.6) is 0 Å². The summed E-state index contributed by atoms with van der Waals surface area (Å²) in [4.78, 5) is 21.4. The quantitative estimate of drug-likeness (QED) is 0.684. The molecule has 1 N–H and O–H groups in total. The predicted octanol–water partition coefficient (Wildman–Crippen LogP) is 2.31. The maximum absolute atomic E-state index is 12.8. The molecule has 3 nitrogen and oxygen atoms in total. The van der Waals surface area contributed by atoms with Crippen LogP contribution in [0, 0.1) is 11.6 Å². The van der Waals surface area contributed by atoms with Crippen molar-refractivity contribution in [3.8, 4) is 0 Å². The molecule has 0 aliphatic carbocycles. The summed E-state index contributed by atoms with van der Waals surface area (Å²) in [6, 6.07) is 1.78. The molecule has 0 heterocycles. The number of Topliss-reactive ketones (excluding diaryl/α,β-unsaturated/α-hetero) is 1. The third-order valence-electron chi connectivity index (χ3n) is 1.83. The predicted molar refractivity (Wildman–Crippen MR) is 55.0 cm³/mol. The van der Waals surface area contributed by atoms with E-state index in [1.807, 2.05) is 0 Å². The van der Waals surface area contributed by atoms with Gasteiger partial charge in [0.05, 0.1) is 0 Å². The van der Waals surface area contributed by atoms with Crippen molar-refractivity contribution in [1.82, 2.24) is 0 Å². The number of carbonyl (C=O) groups is 2. The fourth-order valence-corrected chi connectivity index (χ4v) is 1.60. The number of hydrogen-bond acceptors (Lipinski definition) is 2. The second-order valence-corrected chi connectivity index (χ2v) is 4.00. The average molecular weight is 293 g/mol. The average Bonchev–Trinajstić information content (AvgIpc) is 2.12. The highest BCUT2D eigenvalue weighted by Gasteiger charge is 2.13. The van der Waals surface area contributed by atoms with Crippen molar-refractivity contribution in [2.24, 2.45) is 0 Å². The molecule has 16 heavy (non-hydrogen) atoms. The number of carbonyl (C=O) groups excluding carboxylic acids is 1. The van der Waals surface area contributed by atoms with Gasteiger partial charge < -0.3 is 5.11 Å². The summed E-state index contributed by atoms with van der Waals surface area (Å²) >= 11 is 2.97. The number of carboxylic acid groups (broad SMARTS) is 1. The van der Waals surface area contributed by atoms with Crippen molar-refractivity contribution >= 4 is 27.7 Å². The number of rotatable bonds is 4. The Balaban J connectivity index is 2.85. The van der Waals surface area contributed by atoms with Crippen LogP contribution >= 0.6 is 15.9 Å². The lowest BCUT2D eigenvalue weighted by atomic mass is 10.1. The van der Waals surface area contributed by atoms with E-state index in [0.29, 0.717) is 0 Å². The van der Waals surface area contributed by atoms with Gasteiger partial charge in [-0.05, 0) is 17.7 Å². The Hall–Kier alpha value is -1.30. The maximum atomic E-state index is 12.8. The Bertz CT molecular complexity index is 446. The zero-order chi connectivity index (χ0) is 12.3. The summed E-state index contributed by atoms with van der Waals surface area (Å²) < 4.78 is 25.8. The molecule has 0 fully saturated rings. The summed E-state index contributed by atoms with van der Waals surface area (Å²) in [7, 11) is 0. The van der Waals surface area contributed by atoms with Crippen LogP contribution in [0.2, 0.25) is 0 Å². The van der Waals surface area contributed by atoms with Gasteiger partial charge in [-0.3, -0.25) is 9.59 Å². The molecule has 0 spiro atoms. The Labute approximate surface area is 98.2 Å². The van der Waals surface area contributed by atoms with Crippen LogP contribution in [-0.4, -0.2) is 16.9 Å². The zero-order valence-electron chi connectivity index (χ0n) is 7.97. The van der Waals surface area contributed by atoms with Crippen molar-refractivity contribution < 1.29 is 23.5 Å². The van der Waals surface area contributed by atoms with Gasteiger partial charge in [0.15, 0.2) is 11.6 Å². The molecule has 0 saturated carbocycles. The highest BCUT2D eigenvalue weighted by molar-refractivity contribution is 9.10. The largest absolute Gasteiger partial charge is 0.481 e. The second-order valence-electron chi connectivity index (χ2n) is 3.14. The highest BCUT2D eigenvalue weighted by Crippen LogP contribution is 2.21. The van der Waals surface area contributed by atoms with Gasteiger partial charge in [0, 0.05) is 10.9 Å². The number of carboxylic acids is 1. The molecule has 0 aliphatic rings. The molecule has 1 rings (SSSR count). The van der Waals surface area contributed by atoms with Crippen LogP contribution in [0.15, 0.2) is 16.6 Å². The Morgan fingerprint density at radius 2 is 1.81 bits per heavy atom. The van der Waals surface area contributed by atoms with Gasteiger partial charge in [0.25, 0.3) is 0 Å². The molecule has 0 aromatic heterocycles. The van der Waals surface area contributed by atoms with E-state index < -0.39 is 29.8 Å². The molecule has 0 amide bonds. The number of ketones is 1. The van der Waals surface area contributed by atoms with E-state index in [0.717, 1.165) is 12.1 Å². The third kappa shape index (κ3) is 3.37. The first-order chi connectivity index (χ1) is 7.40. The fourth-order valence-electron chi connectivity index (χ4n) is 1.14.